The molecule has 0 radical (unpaired) electrons. The van der Waals surface area contributed by atoms with Gasteiger partial charge in [0.25, 0.3) is 0 Å². The highest BCUT2D eigenvalue weighted by atomic mass is 33.1. The van der Waals surface area contributed by atoms with Gasteiger partial charge in [-0.2, -0.15) is 88.4 Å². The molecule has 0 N–H and O–H groups in total. The second kappa shape index (κ2) is 26.7. The summed E-state index contributed by atoms with van der Waals surface area (Å²) in [6, 6.07) is 0. The van der Waals surface area contributed by atoms with Crippen LogP contribution in [0.25, 0.3) is 0 Å². The van der Waals surface area contributed by atoms with E-state index < -0.39 is 0 Å². The first-order chi connectivity index (χ1) is 17.0. The smallest absolute Gasteiger partial charge is 0.0729 e. The van der Waals surface area contributed by atoms with E-state index in [1.54, 1.807) is 0 Å². The fourth-order valence-corrected chi connectivity index (χ4v) is 24.5. The van der Waals surface area contributed by atoms with E-state index in [2.05, 4.69) is 112 Å². The molecule has 0 saturated heterocycles. The van der Waals surface area contributed by atoms with E-state index in [0.717, 1.165) is 47.1 Å². The largest absolute Gasteiger partial charge is 0.176 e. The summed E-state index contributed by atoms with van der Waals surface area (Å²) in [6.07, 6.45) is 1.15. The summed E-state index contributed by atoms with van der Waals surface area (Å²) in [7, 11) is 3.96. The Bertz CT molecular complexity index is 474. The molecule has 1 rings (SSSR count). The van der Waals surface area contributed by atoms with Gasteiger partial charge in [-0.1, -0.05) is 21.6 Å². The standard InChI is InChI=1S/C17H34S18/c18-3-26-14(27-4-19)15(28-5-20)31-9-32-16(29-6-21)17(30-7-22)33-10-35-34-8-25-2-11-12(23)1-13(11)24/h11-24H,1-10H2. The highest BCUT2D eigenvalue weighted by Gasteiger charge is 2.35. The van der Waals surface area contributed by atoms with Crippen molar-refractivity contribution in [2.24, 2.45) is 5.92 Å². The molecule has 1 fully saturated rings. The van der Waals surface area contributed by atoms with Gasteiger partial charge in [-0.25, -0.2) is 0 Å². The van der Waals surface area contributed by atoms with Crippen molar-refractivity contribution in [3.05, 3.63) is 0 Å². The molecule has 0 heterocycles. The minimum Gasteiger partial charge on any atom is -0.176 e. The van der Waals surface area contributed by atoms with Crippen molar-refractivity contribution >= 4 is 216 Å². The number of hydrogen-bond acceptors (Lipinski definition) is 18. The molecule has 0 bridgehead atoms. The molecule has 0 nitrogen and oxygen atoms in total. The van der Waals surface area contributed by atoms with Crippen LogP contribution in [0.1, 0.15) is 6.42 Å². The maximum Gasteiger partial charge on any atom is 0.0729 e. The van der Waals surface area contributed by atoms with Gasteiger partial charge in [-0.15, -0.1) is 106 Å². The molecule has 0 aromatic heterocycles. The van der Waals surface area contributed by atoms with Crippen LogP contribution >= 0.6 is 216 Å². The van der Waals surface area contributed by atoms with Gasteiger partial charge in [-0.05, 0) is 18.1 Å². The molecule has 5 atom stereocenters. The molecule has 210 valence electrons. The fraction of sp³-hybridized carbons (Fsp3) is 1.00. The van der Waals surface area contributed by atoms with Crippen LogP contribution in [0.5, 0.6) is 0 Å². The van der Waals surface area contributed by atoms with Crippen molar-refractivity contribution in [2.45, 2.75) is 35.2 Å². The Balaban J connectivity index is 2.41. The van der Waals surface area contributed by atoms with Crippen molar-refractivity contribution in [3.63, 3.8) is 0 Å². The SMILES string of the molecule is SCSC(SCS)C(SCS)SCSC(SCS)C(SCS)SCSSCSCC1C(S)CC1S. The van der Waals surface area contributed by atoms with E-state index in [0.29, 0.717) is 34.7 Å². The molecular weight excluding hydrogens is 781 g/mol. The van der Waals surface area contributed by atoms with Gasteiger partial charge in [-0.3, -0.25) is 0 Å². The summed E-state index contributed by atoms with van der Waals surface area (Å²) in [5, 5.41) is 8.58. The van der Waals surface area contributed by atoms with Crippen LogP contribution < -0.4 is 0 Å². The van der Waals surface area contributed by atoms with Gasteiger partial charge in [0.15, 0.2) is 0 Å². The van der Waals surface area contributed by atoms with Gasteiger partial charge in [0, 0.05) is 46.1 Å². The van der Waals surface area contributed by atoms with E-state index in [1.807, 2.05) is 104 Å². The molecular formula is C17H34S18. The Morgan fingerprint density at radius 2 is 0.886 bits per heavy atom. The Morgan fingerprint density at radius 1 is 0.514 bits per heavy atom. The number of thioether (sulfide) groups is 9. The lowest BCUT2D eigenvalue weighted by atomic mass is 9.85. The average Bonchev–Trinajstić information content (AvgIpc) is 2.83. The van der Waals surface area contributed by atoms with Crippen LogP contribution in [0.15, 0.2) is 0 Å². The van der Waals surface area contributed by atoms with E-state index in [4.69, 9.17) is 0 Å². The van der Waals surface area contributed by atoms with Crippen molar-refractivity contribution in [3.8, 4) is 0 Å². The molecule has 0 aliphatic heterocycles. The van der Waals surface area contributed by atoms with E-state index in [-0.39, 0.29) is 0 Å². The molecule has 1 aliphatic carbocycles. The first-order valence-corrected chi connectivity index (χ1v) is 26.4. The van der Waals surface area contributed by atoms with Crippen molar-refractivity contribution in [2.75, 3.05) is 46.4 Å². The maximum absolute atomic E-state index is 4.64. The van der Waals surface area contributed by atoms with Gasteiger partial charge in [0.1, 0.15) is 0 Å². The highest BCUT2D eigenvalue weighted by molar-refractivity contribution is 8.79. The third kappa shape index (κ3) is 18.0. The second-order valence-corrected chi connectivity index (χ2v) is 26.3. The topological polar surface area (TPSA) is 0 Å². The third-order valence-corrected chi connectivity index (χ3v) is 24.1. The van der Waals surface area contributed by atoms with E-state index in [1.165, 1.54) is 5.75 Å². The van der Waals surface area contributed by atoms with Crippen molar-refractivity contribution in [1.29, 1.82) is 0 Å². The summed E-state index contributed by atoms with van der Waals surface area (Å²) in [5.74, 6) is 1.86. The summed E-state index contributed by atoms with van der Waals surface area (Å²) < 4.78 is 1.97. The molecule has 0 amide bonds. The van der Waals surface area contributed by atoms with Gasteiger partial charge in [0.05, 0.1) is 23.4 Å². The lowest BCUT2D eigenvalue weighted by Gasteiger charge is -2.39. The van der Waals surface area contributed by atoms with Crippen LogP contribution in [-0.4, -0.2) is 75.3 Å². The summed E-state index contributed by atoms with van der Waals surface area (Å²) in [4.78, 5) is 0. The average molecular weight is 816 g/mol. The van der Waals surface area contributed by atoms with Crippen LogP contribution in [0.2, 0.25) is 0 Å². The molecule has 1 aliphatic rings. The number of hydrogen-bond donors (Lipinski definition) is 7. The Hall–Kier alpha value is 6.30. The molecule has 1 saturated carbocycles. The van der Waals surface area contributed by atoms with Crippen molar-refractivity contribution < 1.29 is 0 Å². The van der Waals surface area contributed by atoms with Crippen LogP contribution in [-0.2, 0) is 0 Å². The lowest BCUT2D eigenvalue weighted by molar-refractivity contribution is 0.391. The molecule has 35 heavy (non-hydrogen) atoms. The summed E-state index contributed by atoms with van der Waals surface area (Å²) in [5.41, 5.74) is 0. The van der Waals surface area contributed by atoms with Crippen LogP contribution in [0.4, 0.5) is 0 Å². The molecule has 0 aromatic rings. The molecule has 0 aromatic carbocycles. The second-order valence-electron chi connectivity index (χ2n) is 6.45. The fourth-order valence-electron chi connectivity index (χ4n) is 2.62. The number of thiol groups is 7. The molecule has 5 unspecified atom stereocenters. The minimum absolute atomic E-state index is 0.480. The molecule has 18 heteroatoms. The Morgan fingerprint density at radius 3 is 1.29 bits per heavy atom. The zero-order chi connectivity index (χ0) is 25.9. The summed E-state index contributed by atoms with van der Waals surface area (Å²) in [6.45, 7) is 0. The normalized spacial score (nSPS) is 22.8. The lowest BCUT2D eigenvalue weighted by Crippen LogP contribution is -2.40. The third-order valence-electron chi connectivity index (χ3n) is 4.38. The molecule has 0 spiro atoms. The first-order valence-electron chi connectivity index (χ1n) is 10.2. The van der Waals surface area contributed by atoms with E-state index >= 15 is 0 Å². The monoisotopic (exact) mass is 814 g/mol. The Kier molecular flexibility index (Phi) is 30.0. The van der Waals surface area contributed by atoms with Gasteiger partial charge < -0.3 is 0 Å². The van der Waals surface area contributed by atoms with E-state index in [9.17, 15) is 0 Å². The summed E-state index contributed by atoms with van der Waals surface area (Å²) >= 11 is 49.5. The predicted molar refractivity (Wildman–Crippen MR) is 221 cm³/mol. The predicted octanol–water partition coefficient (Wildman–Crippen LogP) is 10.2. The van der Waals surface area contributed by atoms with Gasteiger partial charge >= 0.3 is 0 Å². The quantitative estimate of drug-likeness (QED) is 0.0216. The highest BCUT2D eigenvalue weighted by Crippen LogP contribution is 2.47. The minimum atomic E-state index is 0.480. The number of rotatable bonds is 24. The zero-order valence-electron chi connectivity index (χ0n) is 18.7. The first kappa shape index (κ1) is 39.3. The van der Waals surface area contributed by atoms with Crippen LogP contribution in [0, 0.1) is 5.92 Å². The zero-order valence-corrected chi connectivity index (χ0v) is 34.0. The van der Waals surface area contributed by atoms with Crippen LogP contribution in [0.3, 0.4) is 0 Å². The maximum atomic E-state index is 4.64. The van der Waals surface area contributed by atoms with Crippen molar-refractivity contribution in [1.82, 2.24) is 0 Å². The van der Waals surface area contributed by atoms with Gasteiger partial charge in [0.2, 0.25) is 0 Å². The Labute approximate surface area is 298 Å².